The van der Waals surface area contributed by atoms with Crippen LogP contribution in [0, 0.1) is 0 Å². The number of methoxy groups -OCH3 is 2. The van der Waals surface area contributed by atoms with Gasteiger partial charge in [0.15, 0.2) is 11.5 Å². The summed E-state index contributed by atoms with van der Waals surface area (Å²) in [4.78, 5) is 11.6. The van der Waals surface area contributed by atoms with E-state index in [1.54, 1.807) is 39.0 Å². The molecule has 2 N–H and O–H groups in total. The van der Waals surface area contributed by atoms with Gasteiger partial charge in [-0.3, -0.25) is 0 Å². The van der Waals surface area contributed by atoms with Gasteiger partial charge >= 0.3 is 6.09 Å². The maximum Gasteiger partial charge on any atom is 0.407 e. The molecule has 0 aliphatic rings. The minimum absolute atomic E-state index is 0.0148. The molecule has 7 nitrogen and oxygen atoms in total. The summed E-state index contributed by atoms with van der Waals surface area (Å²) in [6.45, 7) is 5.31. The number of oxime groups is 1. The van der Waals surface area contributed by atoms with Crippen LogP contribution in [0.3, 0.4) is 0 Å². The normalized spacial score (nSPS) is 11.8. The van der Waals surface area contributed by atoms with Crippen molar-refractivity contribution in [1.82, 2.24) is 5.32 Å². The third kappa shape index (κ3) is 5.16. The molecule has 0 aromatic heterocycles. The van der Waals surface area contributed by atoms with Gasteiger partial charge in [-0.05, 0) is 39.0 Å². The van der Waals surface area contributed by atoms with Crippen molar-refractivity contribution in [3.8, 4) is 11.5 Å². The topological polar surface area (TPSA) is 89.4 Å². The maximum absolute atomic E-state index is 11.6. The summed E-state index contributed by atoms with van der Waals surface area (Å²) in [6.07, 6.45) is -0.589. The van der Waals surface area contributed by atoms with Crippen LogP contribution in [0.15, 0.2) is 23.4 Å². The number of amides is 1. The van der Waals surface area contributed by atoms with Gasteiger partial charge in [0, 0.05) is 5.56 Å². The van der Waals surface area contributed by atoms with Crippen LogP contribution in [0.4, 0.5) is 4.79 Å². The van der Waals surface area contributed by atoms with Gasteiger partial charge in [-0.15, -0.1) is 0 Å². The number of carbonyl (C=O) groups is 1. The van der Waals surface area contributed by atoms with Gasteiger partial charge in [0.05, 0.1) is 20.8 Å². The summed E-state index contributed by atoms with van der Waals surface area (Å²) in [5.74, 6) is 1.06. The first-order chi connectivity index (χ1) is 10.3. The fraction of sp³-hybridized carbons (Fsp3) is 0.467. The van der Waals surface area contributed by atoms with Gasteiger partial charge in [0.25, 0.3) is 0 Å². The second-order valence-corrected chi connectivity index (χ2v) is 5.47. The number of ether oxygens (including phenoxy) is 3. The number of rotatable bonds is 5. The summed E-state index contributed by atoms with van der Waals surface area (Å²) in [6, 6.07) is 5.05. The summed E-state index contributed by atoms with van der Waals surface area (Å²) < 4.78 is 15.4. The Morgan fingerprint density at radius 3 is 2.36 bits per heavy atom. The number of hydrogen-bond donors (Lipinski definition) is 2. The number of hydrogen-bond acceptors (Lipinski definition) is 6. The van der Waals surface area contributed by atoms with E-state index in [1.807, 2.05) is 0 Å². The number of nitrogens with one attached hydrogen (secondary N) is 1. The molecule has 122 valence electrons. The average molecular weight is 310 g/mol. The lowest BCUT2D eigenvalue weighted by atomic mass is 10.1. The monoisotopic (exact) mass is 310 g/mol. The van der Waals surface area contributed by atoms with Crippen molar-refractivity contribution in [1.29, 1.82) is 0 Å². The van der Waals surface area contributed by atoms with Crippen molar-refractivity contribution in [3.63, 3.8) is 0 Å². The second kappa shape index (κ2) is 7.53. The molecule has 0 atom stereocenters. The molecule has 1 rings (SSSR count). The van der Waals surface area contributed by atoms with Gasteiger partial charge in [0.2, 0.25) is 0 Å². The lowest BCUT2D eigenvalue weighted by molar-refractivity contribution is 0.0536. The highest BCUT2D eigenvalue weighted by atomic mass is 16.6. The van der Waals surface area contributed by atoms with E-state index >= 15 is 0 Å². The summed E-state index contributed by atoms with van der Waals surface area (Å²) >= 11 is 0. The second-order valence-electron chi connectivity index (χ2n) is 5.47. The van der Waals surface area contributed by atoms with Gasteiger partial charge in [-0.25, -0.2) is 4.79 Å². The number of nitrogens with zero attached hydrogens (tertiary/aromatic N) is 1. The van der Waals surface area contributed by atoms with E-state index < -0.39 is 11.7 Å². The fourth-order valence-corrected chi connectivity index (χ4v) is 1.68. The molecule has 0 saturated heterocycles. The molecule has 1 aromatic carbocycles. The molecule has 22 heavy (non-hydrogen) atoms. The standard InChI is InChI=1S/C15H22N2O5/c1-15(2,3)22-14(18)16-9-11(17-19)10-6-7-12(20-4)13(8-10)21-5/h6-8,19H,9H2,1-5H3,(H,16,18). The van der Waals surface area contributed by atoms with Crippen molar-refractivity contribution in [2.24, 2.45) is 5.16 Å². The zero-order valence-electron chi connectivity index (χ0n) is 13.5. The van der Waals surface area contributed by atoms with Gasteiger partial charge in [0.1, 0.15) is 11.3 Å². The smallest absolute Gasteiger partial charge is 0.407 e. The van der Waals surface area contributed by atoms with Crippen molar-refractivity contribution in [2.75, 3.05) is 20.8 Å². The first-order valence-corrected chi connectivity index (χ1v) is 6.71. The molecule has 0 aliphatic heterocycles. The van der Waals surface area contributed by atoms with Crippen LogP contribution in [0.1, 0.15) is 26.3 Å². The zero-order chi connectivity index (χ0) is 16.8. The molecule has 0 aliphatic carbocycles. The molecular weight excluding hydrogens is 288 g/mol. The van der Waals surface area contributed by atoms with Gasteiger partial charge in [-0.1, -0.05) is 5.16 Å². The van der Waals surface area contributed by atoms with Crippen LogP contribution in [-0.4, -0.2) is 43.4 Å². The largest absolute Gasteiger partial charge is 0.493 e. The van der Waals surface area contributed by atoms with E-state index in [0.29, 0.717) is 17.1 Å². The van der Waals surface area contributed by atoms with Crippen molar-refractivity contribution < 1.29 is 24.2 Å². The molecule has 0 bridgehead atoms. The van der Waals surface area contributed by atoms with Crippen molar-refractivity contribution >= 4 is 11.8 Å². The number of alkyl carbamates (subject to hydrolysis) is 1. The summed E-state index contributed by atoms with van der Waals surface area (Å²) in [5, 5.41) is 14.9. The third-order valence-corrected chi connectivity index (χ3v) is 2.64. The van der Waals surface area contributed by atoms with Crippen LogP contribution in [0.5, 0.6) is 11.5 Å². The Morgan fingerprint density at radius 2 is 1.86 bits per heavy atom. The van der Waals surface area contributed by atoms with Gasteiger partial charge < -0.3 is 24.7 Å². The lowest BCUT2D eigenvalue weighted by Crippen LogP contribution is -2.35. The average Bonchev–Trinajstić information content (AvgIpc) is 2.45. The first kappa shape index (κ1) is 17.6. The summed E-state index contributed by atoms with van der Waals surface area (Å²) in [5.41, 5.74) is 0.271. The quantitative estimate of drug-likeness (QED) is 0.495. The van der Waals surface area contributed by atoms with E-state index in [-0.39, 0.29) is 12.3 Å². The zero-order valence-corrected chi connectivity index (χ0v) is 13.5. The van der Waals surface area contributed by atoms with Crippen LogP contribution in [-0.2, 0) is 4.74 Å². The van der Waals surface area contributed by atoms with Crippen molar-refractivity contribution in [2.45, 2.75) is 26.4 Å². The molecule has 0 unspecified atom stereocenters. The van der Waals surface area contributed by atoms with Gasteiger partial charge in [-0.2, -0.15) is 0 Å². The number of carbonyl (C=O) groups excluding carboxylic acids is 1. The molecule has 0 saturated carbocycles. The Labute approximate surface area is 129 Å². The number of benzene rings is 1. The molecule has 1 amide bonds. The van der Waals surface area contributed by atoms with E-state index in [9.17, 15) is 4.79 Å². The highest BCUT2D eigenvalue weighted by molar-refractivity contribution is 6.03. The minimum atomic E-state index is -0.593. The minimum Gasteiger partial charge on any atom is -0.493 e. The molecule has 1 aromatic rings. The van der Waals surface area contributed by atoms with Crippen LogP contribution < -0.4 is 14.8 Å². The predicted molar refractivity (Wildman–Crippen MR) is 82.1 cm³/mol. The summed E-state index contributed by atoms with van der Waals surface area (Å²) in [7, 11) is 3.04. The van der Waals surface area contributed by atoms with Crippen LogP contribution in [0.2, 0.25) is 0 Å². The maximum atomic E-state index is 11.6. The first-order valence-electron chi connectivity index (χ1n) is 6.71. The Balaban J connectivity index is 2.79. The molecule has 0 radical (unpaired) electrons. The van der Waals surface area contributed by atoms with Crippen LogP contribution in [0.25, 0.3) is 0 Å². The molecule has 0 fully saturated rings. The molecule has 0 spiro atoms. The Bertz CT molecular complexity index is 549. The van der Waals surface area contributed by atoms with E-state index in [1.165, 1.54) is 14.2 Å². The highest BCUT2D eigenvalue weighted by Crippen LogP contribution is 2.27. The Morgan fingerprint density at radius 1 is 1.23 bits per heavy atom. The highest BCUT2D eigenvalue weighted by Gasteiger charge is 2.17. The third-order valence-electron chi connectivity index (χ3n) is 2.64. The molecular formula is C15H22N2O5. The van der Waals surface area contributed by atoms with Crippen LogP contribution >= 0.6 is 0 Å². The Kier molecular flexibility index (Phi) is 6.03. The Hall–Kier alpha value is -2.44. The van der Waals surface area contributed by atoms with E-state index in [4.69, 9.17) is 19.4 Å². The molecule has 7 heteroatoms. The predicted octanol–water partition coefficient (Wildman–Crippen LogP) is 2.41. The molecule has 0 heterocycles. The van der Waals surface area contributed by atoms with E-state index in [0.717, 1.165) is 0 Å². The van der Waals surface area contributed by atoms with Crippen molar-refractivity contribution in [3.05, 3.63) is 23.8 Å². The fourth-order valence-electron chi connectivity index (χ4n) is 1.68. The lowest BCUT2D eigenvalue weighted by Gasteiger charge is -2.19. The SMILES string of the molecule is COc1ccc(C(CNC(=O)OC(C)(C)C)=NO)cc1OC. The van der Waals surface area contributed by atoms with E-state index in [2.05, 4.69) is 10.5 Å².